The number of nitrogens with zero attached hydrogens (tertiary/aromatic N) is 4. The maximum atomic E-state index is 16.8. The fraction of sp³-hybridized carbons (Fsp3) is 0. The summed E-state index contributed by atoms with van der Waals surface area (Å²) >= 11 is 0. The molecular weight excluding hydrogens is 925 g/mol. The number of rotatable bonds is 10. The Hall–Kier alpha value is -10.0. The summed E-state index contributed by atoms with van der Waals surface area (Å²) in [5.41, 5.74) is 8.37. The molecule has 8 heteroatoms. The first-order valence-corrected chi connectivity index (χ1v) is 23.8. The van der Waals surface area contributed by atoms with Crippen molar-refractivity contribution < 1.29 is 17.6 Å². The van der Waals surface area contributed by atoms with Gasteiger partial charge in [-0.3, -0.25) is 0 Å². The normalized spacial score (nSPS) is 11.2. The predicted molar refractivity (Wildman–Crippen MR) is 292 cm³/mol. The van der Waals surface area contributed by atoms with E-state index in [-0.39, 0.29) is 22.5 Å². The Kier molecular flexibility index (Phi) is 11.4. The highest BCUT2D eigenvalue weighted by molar-refractivity contribution is 6.28. The Morgan fingerprint density at radius 1 is 0.365 bits per heavy atom. The summed E-state index contributed by atoms with van der Waals surface area (Å²) in [7, 11) is 0. The molecule has 74 heavy (non-hydrogen) atoms. The second-order valence-electron chi connectivity index (χ2n) is 18.0. The zero-order valence-electron chi connectivity index (χ0n) is 39.2. The van der Waals surface area contributed by atoms with Crippen molar-refractivity contribution in [1.82, 2.24) is 0 Å². The lowest BCUT2D eigenvalue weighted by Gasteiger charge is -2.30. The van der Waals surface area contributed by atoms with Gasteiger partial charge in [-0.1, -0.05) is 146 Å². The summed E-state index contributed by atoms with van der Waals surface area (Å²) < 4.78 is 66.1. The van der Waals surface area contributed by atoms with Crippen molar-refractivity contribution in [2.45, 2.75) is 0 Å². The third kappa shape index (κ3) is 7.98. The van der Waals surface area contributed by atoms with Crippen LogP contribution in [0.3, 0.4) is 0 Å². The first-order chi connectivity index (χ1) is 36.2. The molecule has 0 aliphatic carbocycles. The van der Waals surface area contributed by atoms with Gasteiger partial charge in [0.25, 0.3) is 0 Å². The highest BCUT2D eigenvalue weighted by Crippen LogP contribution is 2.49. The number of nitriles is 1. The monoisotopic (exact) mass is 962 g/mol. The van der Waals surface area contributed by atoms with Crippen molar-refractivity contribution in [1.29, 1.82) is 5.26 Å². The van der Waals surface area contributed by atoms with E-state index in [1.54, 1.807) is 70.5 Å². The number of halogens is 4. The smallest absolute Gasteiger partial charge is 0.187 e. The van der Waals surface area contributed by atoms with Crippen LogP contribution in [0.4, 0.5) is 57.4 Å². The summed E-state index contributed by atoms with van der Waals surface area (Å²) in [6.07, 6.45) is 0. The Morgan fingerprint density at radius 2 is 0.770 bits per heavy atom. The molecule has 0 spiro atoms. The summed E-state index contributed by atoms with van der Waals surface area (Å²) in [6.45, 7) is 7.68. The minimum absolute atomic E-state index is 0.0814. The third-order valence-electron chi connectivity index (χ3n) is 13.7. The lowest BCUT2D eigenvalue weighted by molar-refractivity contribution is 0.586. The van der Waals surface area contributed by atoms with Crippen LogP contribution in [0.1, 0.15) is 5.56 Å². The quantitative estimate of drug-likeness (QED) is 0.0778. The van der Waals surface area contributed by atoms with Gasteiger partial charge in [-0.15, -0.1) is 0 Å². The molecule has 12 rings (SSSR count). The molecule has 0 bridgehead atoms. The maximum Gasteiger partial charge on any atom is 0.187 e. The molecule has 0 heterocycles. The van der Waals surface area contributed by atoms with Crippen LogP contribution in [0.2, 0.25) is 0 Å². The molecule has 0 aromatic heterocycles. The van der Waals surface area contributed by atoms with Crippen LogP contribution in [-0.2, 0) is 0 Å². The van der Waals surface area contributed by atoms with Gasteiger partial charge in [0.15, 0.2) is 5.69 Å². The number of anilines is 6. The fourth-order valence-corrected chi connectivity index (χ4v) is 10.2. The van der Waals surface area contributed by atoms with Gasteiger partial charge in [-0.2, -0.15) is 5.26 Å². The number of hydrogen-bond donors (Lipinski definition) is 0. The predicted octanol–water partition coefficient (Wildman–Crippen LogP) is 19.2. The zero-order valence-corrected chi connectivity index (χ0v) is 39.2. The molecule has 0 atom stereocenters. The van der Waals surface area contributed by atoms with E-state index in [1.807, 2.05) is 146 Å². The molecule has 0 fully saturated rings. The van der Waals surface area contributed by atoms with Crippen molar-refractivity contribution in [2.75, 3.05) is 9.80 Å². The summed E-state index contributed by atoms with van der Waals surface area (Å²) in [5.74, 6) is -3.04. The van der Waals surface area contributed by atoms with Gasteiger partial charge >= 0.3 is 0 Å². The SMILES string of the molecule is [C-]#[N+]c1ccc(N(c2cc(-c3cccc(-c4ccccc4)c3)c(F)cc2F)c2ccc3ccc4c(N(c5ccc(C#N)cc5)c5cc(-c6cccc(-c7ccccc7)c6)c(F)cc5F)ccc5ccc2c3c54)cc1. The van der Waals surface area contributed by atoms with Gasteiger partial charge < -0.3 is 9.80 Å². The summed E-state index contributed by atoms with van der Waals surface area (Å²) in [4.78, 5) is 7.11. The first kappa shape index (κ1) is 45.1. The zero-order chi connectivity index (χ0) is 50.5. The lowest BCUT2D eigenvalue weighted by Crippen LogP contribution is -2.14. The molecular formula is C66H38F4N4. The van der Waals surface area contributed by atoms with Crippen LogP contribution in [0, 0.1) is 41.2 Å². The van der Waals surface area contributed by atoms with Crippen molar-refractivity contribution >= 4 is 72.1 Å². The van der Waals surface area contributed by atoms with E-state index in [0.717, 1.165) is 66.7 Å². The van der Waals surface area contributed by atoms with Gasteiger partial charge in [0, 0.05) is 45.4 Å². The maximum absolute atomic E-state index is 16.8. The molecule has 0 saturated carbocycles. The molecule has 0 saturated heterocycles. The van der Waals surface area contributed by atoms with E-state index < -0.39 is 23.3 Å². The van der Waals surface area contributed by atoms with Gasteiger partial charge in [0.05, 0.1) is 41.0 Å². The Labute approximate surface area is 424 Å². The van der Waals surface area contributed by atoms with Gasteiger partial charge in [-0.05, 0) is 128 Å². The molecule has 12 aromatic carbocycles. The van der Waals surface area contributed by atoms with Crippen LogP contribution in [-0.4, -0.2) is 0 Å². The van der Waals surface area contributed by atoms with Gasteiger partial charge in [0.1, 0.15) is 23.3 Å². The molecule has 0 aliphatic rings. The number of benzene rings is 12. The minimum Gasteiger partial charge on any atom is -0.307 e. The standard InChI is InChI=1S/C66H38F4N4/c1-72-50-24-28-52(29-25-50)74(64-37-56(58(68)39-60(64)70)49-17-9-15-47(35-49)43-12-6-3-7-13-43)62-33-23-45-20-30-53-61(32-22-44-21-31-54(62)66(45)65(44)53)73(51-26-18-41(40-71)19-27-51)63-36-55(57(67)38-59(63)69)48-16-8-14-46(34-48)42-10-4-2-5-11-42/h2-39H. The average molecular weight is 963 g/mol. The fourth-order valence-electron chi connectivity index (χ4n) is 10.2. The average Bonchev–Trinajstić information content (AvgIpc) is 3.45. The van der Waals surface area contributed by atoms with E-state index in [1.165, 1.54) is 12.1 Å². The van der Waals surface area contributed by atoms with E-state index >= 15 is 17.6 Å². The molecule has 12 aromatic rings. The van der Waals surface area contributed by atoms with Crippen molar-refractivity contribution in [3.8, 4) is 50.6 Å². The van der Waals surface area contributed by atoms with Crippen molar-refractivity contribution in [3.05, 3.63) is 271 Å². The molecule has 350 valence electrons. The van der Waals surface area contributed by atoms with Gasteiger partial charge in [-0.25, -0.2) is 22.4 Å². The summed E-state index contributed by atoms with van der Waals surface area (Å²) in [5, 5.41) is 14.7. The van der Waals surface area contributed by atoms with Crippen LogP contribution in [0.15, 0.2) is 231 Å². The second-order valence-corrected chi connectivity index (χ2v) is 18.0. The molecule has 0 radical (unpaired) electrons. The van der Waals surface area contributed by atoms with Crippen LogP contribution >= 0.6 is 0 Å². The highest BCUT2D eigenvalue weighted by Gasteiger charge is 2.27. The number of hydrogen-bond acceptors (Lipinski definition) is 3. The Bertz CT molecular complexity index is 3930. The van der Waals surface area contributed by atoms with E-state index in [0.29, 0.717) is 45.1 Å². The van der Waals surface area contributed by atoms with Crippen molar-refractivity contribution in [2.24, 2.45) is 0 Å². The van der Waals surface area contributed by atoms with Crippen molar-refractivity contribution in [3.63, 3.8) is 0 Å². The molecule has 4 nitrogen and oxygen atoms in total. The molecule has 0 unspecified atom stereocenters. The van der Waals surface area contributed by atoms with E-state index in [2.05, 4.69) is 10.9 Å². The largest absolute Gasteiger partial charge is 0.307 e. The summed E-state index contributed by atoms with van der Waals surface area (Å²) in [6, 6.07) is 70.9. The van der Waals surface area contributed by atoms with E-state index in [9.17, 15) is 5.26 Å². The first-order valence-electron chi connectivity index (χ1n) is 23.8. The molecule has 0 N–H and O–H groups in total. The highest BCUT2D eigenvalue weighted by atomic mass is 19.1. The van der Waals surface area contributed by atoms with Crippen LogP contribution in [0.25, 0.3) is 81.7 Å². The Balaban J connectivity index is 1.06. The lowest BCUT2D eigenvalue weighted by atomic mass is 9.91. The van der Waals surface area contributed by atoms with Crippen LogP contribution in [0.5, 0.6) is 0 Å². The van der Waals surface area contributed by atoms with Gasteiger partial charge in [0.2, 0.25) is 0 Å². The van der Waals surface area contributed by atoms with E-state index in [4.69, 9.17) is 6.57 Å². The van der Waals surface area contributed by atoms with Crippen LogP contribution < -0.4 is 9.80 Å². The third-order valence-corrected chi connectivity index (χ3v) is 13.7. The second kappa shape index (κ2) is 18.6. The minimum atomic E-state index is -0.796. The molecule has 0 amide bonds. The Morgan fingerprint density at radius 3 is 1.20 bits per heavy atom. The topological polar surface area (TPSA) is 34.6 Å². The molecule has 0 aliphatic heterocycles.